The highest BCUT2D eigenvalue weighted by atomic mass is 16.7. The second-order valence-corrected chi connectivity index (χ2v) is 5.39. The molecule has 0 radical (unpaired) electrons. The molecule has 0 aliphatic carbocycles. The smallest absolute Gasteiger partial charge is 0.269 e. The first kappa shape index (κ1) is 14.4. The Bertz CT molecular complexity index is 538. The largest absolute Gasteiger partial charge is 0.353 e. The molecule has 4 atom stereocenters. The second kappa shape index (κ2) is 5.69. The lowest BCUT2D eigenvalue weighted by molar-refractivity contribution is -0.385. The van der Waals surface area contributed by atoms with Crippen molar-refractivity contribution < 1.29 is 19.2 Å². The SMILES string of the molecule is C[C@H]1OC[C@H]2[C@H](CO1)ON(C)[C@H]2c1cccc([N+](=O)[O-])c1. The van der Waals surface area contributed by atoms with Crippen molar-refractivity contribution in [2.75, 3.05) is 20.3 Å². The van der Waals surface area contributed by atoms with E-state index >= 15 is 0 Å². The second-order valence-electron chi connectivity index (χ2n) is 5.39. The van der Waals surface area contributed by atoms with Crippen molar-refractivity contribution in [1.29, 1.82) is 0 Å². The summed E-state index contributed by atoms with van der Waals surface area (Å²) in [7, 11) is 1.83. The van der Waals surface area contributed by atoms with E-state index in [1.807, 2.05) is 20.0 Å². The molecule has 7 heteroatoms. The van der Waals surface area contributed by atoms with E-state index in [1.54, 1.807) is 17.2 Å². The van der Waals surface area contributed by atoms with Gasteiger partial charge in [0.1, 0.15) is 6.10 Å². The Kier molecular flexibility index (Phi) is 3.90. The van der Waals surface area contributed by atoms with Crippen LogP contribution >= 0.6 is 0 Å². The van der Waals surface area contributed by atoms with Crippen LogP contribution in [0.4, 0.5) is 5.69 Å². The van der Waals surface area contributed by atoms with Crippen molar-refractivity contribution >= 4 is 5.69 Å². The zero-order valence-corrected chi connectivity index (χ0v) is 12.0. The number of fused-ring (bicyclic) bond motifs is 1. The van der Waals surface area contributed by atoms with Crippen molar-refractivity contribution in [2.24, 2.45) is 5.92 Å². The van der Waals surface area contributed by atoms with Gasteiger partial charge in [0.2, 0.25) is 0 Å². The summed E-state index contributed by atoms with van der Waals surface area (Å²) >= 11 is 0. The number of non-ortho nitro benzene ring substituents is 1. The van der Waals surface area contributed by atoms with E-state index < -0.39 is 0 Å². The summed E-state index contributed by atoms with van der Waals surface area (Å²) in [5, 5.41) is 12.7. The Morgan fingerprint density at radius 3 is 2.86 bits per heavy atom. The van der Waals surface area contributed by atoms with E-state index in [-0.39, 0.29) is 35.0 Å². The summed E-state index contributed by atoms with van der Waals surface area (Å²) in [6, 6.07) is 6.59. The number of hydrogen-bond donors (Lipinski definition) is 0. The first-order chi connectivity index (χ1) is 10.1. The summed E-state index contributed by atoms with van der Waals surface area (Å²) in [6.45, 7) is 2.82. The molecule has 7 nitrogen and oxygen atoms in total. The molecule has 2 heterocycles. The lowest BCUT2D eigenvalue weighted by atomic mass is 9.90. The van der Waals surface area contributed by atoms with Crippen LogP contribution < -0.4 is 0 Å². The van der Waals surface area contributed by atoms with E-state index in [0.717, 1.165) is 5.56 Å². The Labute approximate surface area is 122 Å². The van der Waals surface area contributed by atoms with Crippen LogP contribution in [-0.4, -0.2) is 42.6 Å². The van der Waals surface area contributed by atoms with E-state index in [1.165, 1.54) is 6.07 Å². The molecule has 1 aromatic rings. The average molecular weight is 294 g/mol. The molecule has 1 aromatic carbocycles. The normalized spacial score (nSPS) is 33.4. The zero-order valence-electron chi connectivity index (χ0n) is 12.0. The van der Waals surface area contributed by atoms with Crippen LogP contribution in [-0.2, 0) is 14.3 Å². The lowest BCUT2D eigenvalue weighted by Gasteiger charge is -2.23. The molecule has 0 unspecified atom stereocenters. The minimum atomic E-state index is -0.383. The molecule has 0 amide bonds. The van der Waals surface area contributed by atoms with Crippen molar-refractivity contribution in [3.63, 3.8) is 0 Å². The quantitative estimate of drug-likeness (QED) is 0.612. The first-order valence-electron chi connectivity index (χ1n) is 6.93. The third-order valence-corrected chi connectivity index (χ3v) is 4.02. The third kappa shape index (κ3) is 2.77. The van der Waals surface area contributed by atoms with Crippen LogP contribution in [0.5, 0.6) is 0 Å². The molecule has 2 aliphatic heterocycles. The van der Waals surface area contributed by atoms with Gasteiger partial charge in [0.25, 0.3) is 5.69 Å². The fraction of sp³-hybridized carbons (Fsp3) is 0.571. The number of nitrogens with zero attached hydrogens (tertiary/aromatic N) is 2. The molecule has 0 aromatic heterocycles. The molecular weight excluding hydrogens is 276 g/mol. The number of nitro benzene ring substituents is 1. The standard InChI is InChI=1S/C14H18N2O5/c1-9-19-7-12-13(8-20-9)21-15(2)14(12)10-4-3-5-11(6-10)16(17)18/h3-6,9,12-14H,7-8H2,1-2H3/t9-,12-,13-,14-/m0/s1. The number of nitro groups is 1. The van der Waals surface area contributed by atoms with Crippen molar-refractivity contribution in [3.8, 4) is 0 Å². The van der Waals surface area contributed by atoms with Crippen LogP contribution in [0.2, 0.25) is 0 Å². The maximum atomic E-state index is 10.9. The molecule has 2 fully saturated rings. The van der Waals surface area contributed by atoms with Gasteiger partial charge >= 0.3 is 0 Å². The molecule has 0 spiro atoms. The Morgan fingerprint density at radius 2 is 2.10 bits per heavy atom. The van der Waals surface area contributed by atoms with Crippen LogP contribution in [0, 0.1) is 16.0 Å². The number of hydrogen-bond acceptors (Lipinski definition) is 6. The predicted molar refractivity (Wildman–Crippen MR) is 73.3 cm³/mol. The minimum Gasteiger partial charge on any atom is -0.353 e. The molecule has 2 saturated heterocycles. The highest BCUT2D eigenvalue weighted by Crippen LogP contribution is 2.40. The topological polar surface area (TPSA) is 74.1 Å². The number of ether oxygens (including phenoxy) is 2. The fourth-order valence-electron chi connectivity index (χ4n) is 2.99. The molecule has 0 N–H and O–H groups in total. The van der Waals surface area contributed by atoms with E-state index in [9.17, 15) is 10.1 Å². The van der Waals surface area contributed by atoms with E-state index in [4.69, 9.17) is 14.3 Å². The summed E-state index contributed by atoms with van der Waals surface area (Å²) in [5.74, 6) is 0.0851. The summed E-state index contributed by atoms with van der Waals surface area (Å²) in [4.78, 5) is 16.4. The molecular formula is C14H18N2O5. The predicted octanol–water partition coefficient (Wildman–Crippen LogP) is 1.89. The Morgan fingerprint density at radius 1 is 1.33 bits per heavy atom. The van der Waals surface area contributed by atoms with Crippen molar-refractivity contribution in [1.82, 2.24) is 5.06 Å². The fourth-order valence-corrected chi connectivity index (χ4v) is 2.99. The molecule has 3 rings (SSSR count). The highest BCUT2D eigenvalue weighted by molar-refractivity contribution is 5.36. The highest BCUT2D eigenvalue weighted by Gasteiger charge is 2.44. The molecule has 21 heavy (non-hydrogen) atoms. The summed E-state index contributed by atoms with van der Waals surface area (Å²) in [6.07, 6.45) is -0.348. The Balaban J connectivity index is 1.89. The molecule has 2 aliphatic rings. The molecule has 0 saturated carbocycles. The van der Waals surface area contributed by atoms with E-state index in [2.05, 4.69) is 0 Å². The number of hydroxylamine groups is 2. The van der Waals surface area contributed by atoms with Gasteiger partial charge in [0.05, 0.1) is 24.2 Å². The summed E-state index contributed by atoms with van der Waals surface area (Å²) < 4.78 is 11.2. The average Bonchev–Trinajstić information content (AvgIpc) is 2.68. The zero-order chi connectivity index (χ0) is 15.0. The van der Waals surface area contributed by atoms with Crippen LogP contribution in [0.3, 0.4) is 0 Å². The monoisotopic (exact) mass is 294 g/mol. The maximum Gasteiger partial charge on any atom is 0.269 e. The van der Waals surface area contributed by atoms with Gasteiger partial charge in [-0.1, -0.05) is 12.1 Å². The van der Waals surface area contributed by atoms with Gasteiger partial charge in [-0.15, -0.1) is 0 Å². The Hall–Kier alpha value is -1.54. The van der Waals surface area contributed by atoms with Gasteiger partial charge in [0.15, 0.2) is 6.29 Å². The number of rotatable bonds is 2. The first-order valence-corrected chi connectivity index (χ1v) is 6.93. The van der Waals surface area contributed by atoms with Crippen LogP contribution in [0.1, 0.15) is 18.5 Å². The van der Waals surface area contributed by atoms with Crippen molar-refractivity contribution in [3.05, 3.63) is 39.9 Å². The van der Waals surface area contributed by atoms with E-state index in [0.29, 0.717) is 13.2 Å². The minimum absolute atomic E-state index is 0.0798. The maximum absolute atomic E-state index is 10.9. The lowest BCUT2D eigenvalue weighted by Crippen LogP contribution is -2.25. The van der Waals surface area contributed by atoms with Gasteiger partial charge in [-0.3, -0.25) is 15.0 Å². The third-order valence-electron chi connectivity index (χ3n) is 4.02. The van der Waals surface area contributed by atoms with Gasteiger partial charge < -0.3 is 9.47 Å². The van der Waals surface area contributed by atoms with Crippen LogP contribution in [0.25, 0.3) is 0 Å². The van der Waals surface area contributed by atoms with Gasteiger partial charge in [-0.25, -0.2) is 0 Å². The van der Waals surface area contributed by atoms with Crippen LogP contribution in [0.15, 0.2) is 24.3 Å². The van der Waals surface area contributed by atoms with Gasteiger partial charge in [-0.05, 0) is 12.5 Å². The summed E-state index contributed by atoms with van der Waals surface area (Å²) in [5.41, 5.74) is 0.945. The van der Waals surface area contributed by atoms with Gasteiger partial charge in [-0.2, -0.15) is 5.06 Å². The molecule has 114 valence electrons. The van der Waals surface area contributed by atoms with Gasteiger partial charge in [0, 0.05) is 25.1 Å². The van der Waals surface area contributed by atoms with Crippen molar-refractivity contribution in [2.45, 2.75) is 25.4 Å². The number of benzene rings is 1. The molecule has 0 bridgehead atoms.